The van der Waals surface area contributed by atoms with Gasteiger partial charge in [0.05, 0.1) is 28.4 Å². The molecule has 1 saturated carbocycles. The molecular weight excluding hydrogens is 577 g/mol. The normalized spacial score (nSPS) is 16.3. The number of halogens is 4. The highest BCUT2D eigenvalue weighted by Gasteiger charge is 2.38. The standard InChI is InChI=1S/C21H23ClN8O2S.C2HF3O2/c1-13-18(19(22)28(2)27-13)33(31,32)30-9-7-29(8-10-30)21-20(24-15-4-5-15)25-16-6-3-14(12-23)11-17(16)26-21;3-2(4,5)1(6)7/h3,6,11,15H,4-5,7-10H2,1-2H3,(H,24,25);(H,6,7). The van der Waals surface area contributed by atoms with Crippen LogP contribution in [0.2, 0.25) is 5.15 Å². The number of carboxylic acids is 1. The fourth-order valence-electron chi connectivity index (χ4n) is 4.03. The topological polar surface area (TPSA) is 157 Å². The number of rotatable bonds is 5. The van der Waals surface area contributed by atoms with Crippen LogP contribution in [0.5, 0.6) is 0 Å². The summed E-state index contributed by atoms with van der Waals surface area (Å²) in [6.07, 6.45) is -2.91. The first-order valence-electron chi connectivity index (χ1n) is 11.9. The van der Waals surface area contributed by atoms with E-state index in [0.29, 0.717) is 53.1 Å². The van der Waals surface area contributed by atoms with Crippen LogP contribution in [0.25, 0.3) is 11.0 Å². The number of benzene rings is 1. The number of aryl methyl sites for hydroxylation is 2. The maximum Gasteiger partial charge on any atom is 0.490 e. The summed E-state index contributed by atoms with van der Waals surface area (Å²) in [5.41, 5.74) is 2.25. The van der Waals surface area contributed by atoms with Crippen molar-refractivity contribution in [3.05, 3.63) is 34.6 Å². The first-order chi connectivity index (χ1) is 18.7. The summed E-state index contributed by atoms with van der Waals surface area (Å²) in [6, 6.07) is 7.77. The van der Waals surface area contributed by atoms with Crippen LogP contribution in [0.15, 0.2) is 23.1 Å². The number of nitrogens with one attached hydrogen (secondary N) is 1. The monoisotopic (exact) mass is 600 g/mol. The Morgan fingerprint density at radius 2 is 1.80 bits per heavy atom. The third-order valence-electron chi connectivity index (χ3n) is 6.17. The Morgan fingerprint density at radius 1 is 1.18 bits per heavy atom. The van der Waals surface area contributed by atoms with Gasteiger partial charge in [-0.25, -0.2) is 23.2 Å². The fraction of sp³-hybridized carbons (Fsp3) is 0.435. The lowest BCUT2D eigenvalue weighted by atomic mass is 10.2. The predicted octanol–water partition coefficient (Wildman–Crippen LogP) is 2.92. The van der Waals surface area contributed by atoms with E-state index < -0.39 is 22.2 Å². The van der Waals surface area contributed by atoms with Gasteiger partial charge in [-0.15, -0.1) is 0 Å². The van der Waals surface area contributed by atoms with E-state index >= 15 is 0 Å². The number of hydrogen-bond acceptors (Lipinski definition) is 9. The summed E-state index contributed by atoms with van der Waals surface area (Å²) in [5, 5.41) is 24.1. The number of aromatic nitrogens is 4. The quantitative estimate of drug-likeness (QED) is 0.446. The van der Waals surface area contributed by atoms with E-state index in [0.717, 1.165) is 12.8 Å². The molecule has 1 aliphatic carbocycles. The zero-order chi connectivity index (χ0) is 29.4. The van der Waals surface area contributed by atoms with E-state index in [1.54, 1.807) is 32.2 Å². The molecule has 2 aromatic heterocycles. The fourth-order valence-corrected chi connectivity index (χ4v) is 6.15. The molecule has 3 aromatic rings. The van der Waals surface area contributed by atoms with Gasteiger partial charge in [0, 0.05) is 39.3 Å². The molecule has 0 unspecified atom stereocenters. The molecule has 1 aromatic carbocycles. The average molecular weight is 601 g/mol. The molecule has 0 atom stereocenters. The predicted molar refractivity (Wildman–Crippen MR) is 139 cm³/mol. The second kappa shape index (κ2) is 11.1. The molecule has 0 amide bonds. The summed E-state index contributed by atoms with van der Waals surface area (Å²) < 4.78 is 61.0. The van der Waals surface area contributed by atoms with E-state index in [-0.39, 0.29) is 23.1 Å². The Morgan fingerprint density at radius 3 is 2.30 bits per heavy atom. The van der Waals surface area contributed by atoms with E-state index in [1.807, 2.05) is 4.90 Å². The van der Waals surface area contributed by atoms with Gasteiger partial charge in [-0.1, -0.05) is 11.6 Å². The summed E-state index contributed by atoms with van der Waals surface area (Å²) in [4.78, 5) is 20.6. The smallest absolute Gasteiger partial charge is 0.475 e. The molecule has 1 aliphatic heterocycles. The lowest BCUT2D eigenvalue weighted by Crippen LogP contribution is -2.49. The molecule has 12 nitrogen and oxygen atoms in total. The Kier molecular flexibility index (Phi) is 8.11. The van der Waals surface area contributed by atoms with Crippen LogP contribution in [0, 0.1) is 18.3 Å². The highest BCUT2D eigenvalue weighted by atomic mass is 35.5. The molecular formula is C23H24ClF3N8O4S. The van der Waals surface area contributed by atoms with Crippen molar-refractivity contribution in [1.82, 2.24) is 24.1 Å². The maximum atomic E-state index is 13.3. The molecule has 0 spiro atoms. The molecule has 40 heavy (non-hydrogen) atoms. The number of hydrogen-bond donors (Lipinski definition) is 2. The molecule has 17 heteroatoms. The first kappa shape index (κ1) is 29.3. The van der Waals surface area contributed by atoms with Crippen molar-refractivity contribution in [3.63, 3.8) is 0 Å². The van der Waals surface area contributed by atoms with Crippen LogP contribution in [0.1, 0.15) is 24.1 Å². The summed E-state index contributed by atoms with van der Waals surface area (Å²) in [5.74, 6) is -1.39. The minimum Gasteiger partial charge on any atom is -0.475 e. The van der Waals surface area contributed by atoms with Gasteiger partial charge in [0.1, 0.15) is 10.0 Å². The van der Waals surface area contributed by atoms with Crippen LogP contribution in [-0.4, -0.2) is 81.9 Å². The molecule has 2 fully saturated rings. The number of aliphatic carboxylic acids is 1. The van der Waals surface area contributed by atoms with Crippen LogP contribution in [0.3, 0.4) is 0 Å². The first-order valence-corrected chi connectivity index (χ1v) is 13.8. The second-order valence-electron chi connectivity index (χ2n) is 9.15. The largest absolute Gasteiger partial charge is 0.490 e. The Bertz CT molecular complexity index is 1590. The third-order valence-corrected chi connectivity index (χ3v) is 8.77. The van der Waals surface area contributed by atoms with Crippen LogP contribution >= 0.6 is 11.6 Å². The number of sulfonamides is 1. The van der Waals surface area contributed by atoms with Gasteiger partial charge < -0.3 is 15.3 Å². The van der Waals surface area contributed by atoms with Crippen molar-refractivity contribution in [2.24, 2.45) is 7.05 Å². The molecule has 0 radical (unpaired) electrons. The van der Waals surface area contributed by atoms with Crippen molar-refractivity contribution in [3.8, 4) is 6.07 Å². The van der Waals surface area contributed by atoms with E-state index in [1.165, 1.54) is 8.99 Å². The van der Waals surface area contributed by atoms with Gasteiger partial charge in [0.2, 0.25) is 10.0 Å². The molecule has 2 aliphatic rings. The van der Waals surface area contributed by atoms with Gasteiger partial charge in [-0.05, 0) is 38.0 Å². The average Bonchev–Trinajstić information content (AvgIpc) is 3.67. The van der Waals surface area contributed by atoms with Gasteiger partial charge >= 0.3 is 12.1 Å². The zero-order valence-corrected chi connectivity index (χ0v) is 22.8. The Hall–Kier alpha value is -3.68. The second-order valence-corrected chi connectivity index (χ2v) is 11.4. The van der Waals surface area contributed by atoms with E-state index in [4.69, 9.17) is 31.5 Å². The van der Waals surface area contributed by atoms with Gasteiger partial charge in [0.15, 0.2) is 11.6 Å². The summed E-state index contributed by atoms with van der Waals surface area (Å²) in [7, 11) is -2.15. The molecule has 2 N–H and O–H groups in total. The number of piperazine rings is 1. The molecule has 214 valence electrons. The number of anilines is 2. The van der Waals surface area contributed by atoms with Crippen molar-refractivity contribution >= 4 is 50.3 Å². The molecule has 0 bridgehead atoms. The van der Waals surface area contributed by atoms with Crippen molar-refractivity contribution < 1.29 is 31.5 Å². The lowest BCUT2D eigenvalue weighted by Gasteiger charge is -2.35. The van der Waals surface area contributed by atoms with Crippen molar-refractivity contribution in [2.75, 3.05) is 36.4 Å². The van der Waals surface area contributed by atoms with Crippen molar-refractivity contribution in [1.29, 1.82) is 5.26 Å². The highest BCUT2D eigenvalue weighted by molar-refractivity contribution is 7.89. The van der Waals surface area contributed by atoms with Gasteiger partial charge in [-0.2, -0.15) is 27.8 Å². The number of fused-ring (bicyclic) bond motifs is 1. The van der Waals surface area contributed by atoms with Crippen LogP contribution in [-0.2, 0) is 21.9 Å². The highest BCUT2D eigenvalue weighted by Crippen LogP contribution is 2.33. The number of nitrogens with zero attached hydrogens (tertiary/aromatic N) is 7. The van der Waals surface area contributed by atoms with Gasteiger partial charge in [0.25, 0.3) is 0 Å². The van der Waals surface area contributed by atoms with Crippen molar-refractivity contribution in [2.45, 2.75) is 36.9 Å². The number of carboxylic acid groups (broad SMARTS) is 1. The molecule has 3 heterocycles. The maximum absolute atomic E-state index is 13.3. The van der Waals surface area contributed by atoms with E-state index in [2.05, 4.69) is 16.5 Å². The summed E-state index contributed by atoms with van der Waals surface area (Å²) >= 11 is 6.23. The molecule has 5 rings (SSSR count). The van der Waals surface area contributed by atoms with Gasteiger partial charge in [-0.3, -0.25) is 4.68 Å². The number of carbonyl (C=O) groups is 1. The van der Waals surface area contributed by atoms with E-state index in [9.17, 15) is 26.9 Å². The minimum atomic E-state index is -5.08. The Balaban J connectivity index is 0.000000470. The third kappa shape index (κ3) is 6.21. The lowest BCUT2D eigenvalue weighted by molar-refractivity contribution is -0.192. The Labute approximate surface area is 232 Å². The number of nitriles is 1. The zero-order valence-electron chi connectivity index (χ0n) is 21.3. The van der Waals surface area contributed by atoms with Crippen LogP contribution < -0.4 is 10.2 Å². The minimum absolute atomic E-state index is 0.0609. The number of alkyl halides is 3. The van der Waals surface area contributed by atoms with Crippen LogP contribution in [0.4, 0.5) is 24.8 Å². The molecule has 1 saturated heterocycles. The SMILES string of the molecule is Cc1nn(C)c(Cl)c1S(=O)(=O)N1CCN(c2nc3cc(C#N)ccc3nc2NC2CC2)CC1.O=C(O)C(F)(F)F. The summed E-state index contributed by atoms with van der Waals surface area (Å²) in [6.45, 7) is 3.12.